The molecule has 1 fully saturated rings. The Morgan fingerprint density at radius 2 is 2.06 bits per heavy atom. The lowest BCUT2D eigenvalue weighted by Crippen LogP contribution is -2.31. The van der Waals surface area contributed by atoms with Crippen LogP contribution in [0.15, 0.2) is 24.3 Å². The van der Waals surface area contributed by atoms with Crippen molar-refractivity contribution in [2.75, 3.05) is 7.11 Å². The van der Waals surface area contributed by atoms with Crippen LogP contribution in [-0.4, -0.2) is 17.8 Å². The summed E-state index contributed by atoms with van der Waals surface area (Å²) in [7, 11) is 1.68. The van der Waals surface area contributed by atoms with Gasteiger partial charge in [-0.25, -0.2) is 0 Å². The number of rotatable bonds is 4. The summed E-state index contributed by atoms with van der Waals surface area (Å²) in [4.78, 5) is 0. The Labute approximate surface area is 104 Å². The standard InChI is InChI=1S/C15H22O2/c1-12-4-3-10-15(12,16)11-9-13-5-7-14(17-2)8-6-13/h5-8,12,16H,3-4,9-11H2,1-2H3. The molecule has 2 rings (SSSR count). The SMILES string of the molecule is COc1ccc(CCC2(O)CCCC2C)cc1. The van der Waals surface area contributed by atoms with Gasteiger partial charge >= 0.3 is 0 Å². The predicted octanol–water partition coefficient (Wildman–Crippen LogP) is 3.18. The summed E-state index contributed by atoms with van der Waals surface area (Å²) in [5.74, 6) is 1.34. The van der Waals surface area contributed by atoms with Crippen molar-refractivity contribution in [2.45, 2.75) is 44.6 Å². The fourth-order valence-electron chi connectivity index (χ4n) is 2.75. The van der Waals surface area contributed by atoms with E-state index in [1.54, 1.807) is 7.11 Å². The molecule has 1 aliphatic rings. The van der Waals surface area contributed by atoms with Crippen LogP contribution in [-0.2, 0) is 6.42 Å². The first-order valence-electron chi connectivity index (χ1n) is 6.49. The van der Waals surface area contributed by atoms with Gasteiger partial charge in [0.1, 0.15) is 5.75 Å². The molecule has 0 amide bonds. The molecule has 17 heavy (non-hydrogen) atoms. The number of aryl methyl sites for hydroxylation is 1. The molecule has 2 nitrogen and oxygen atoms in total. The minimum Gasteiger partial charge on any atom is -0.497 e. The van der Waals surface area contributed by atoms with E-state index < -0.39 is 5.60 Å². The average Bonchev–Trinajstić information content (AvgIpc) is 2.68. The van der Waals surface area contributed by atoms with E-state index in [9.17, 15) is 5.11 Å². The number of hydrogen-bond acceptors (Lipinski definition) is 2. The molecule has 1 aliphatic carbocycles. The van der Waals surface area contributed by atoms with Crippen LogP contribution in [0.3, 0.4) is 0 Å². The van der Waals surface area contributed by atoms with E-state index >= 15 is 0 Å². The number of aliphatic hydroxyl groups is 1. The van der Waals surface area contributed by atoms with Gasteiger partial charge in [0.05, 0.1) is 12.7 Å². The number of methoxy groups -OCH3 is 1. The lowest BCUT2D eigenvalue weighted by molar-refractivity contribution is 0.00132. The Hall–Kier alpha value is -1.02. The van der Waals surface area contributed by atoms with E-state index in [-0.39, 0.29) is 0 Å². The third-order valence-electron chi connectivity index (χ3n) is 4.17. The molecule has 0 radical (unpaired) electrons. The maximum Gasteiger partial charge on any atom is 0.118 e. The van der Waals surface area contributed by atoms with Gasteiger partial charge in [0.15, 0.2) is 0 Å². The predicted molar refractivity (Wildman–Crippen MR) is 69.3 cm³/mol. The molecule has 0 saturated heterocycles. The molecular formula is C15H22O2. The van der Waals surface area contributed by atoms with Crippen molar-refractivity contribution >= 4 is 0 Å². The lowest BCUT2D eigenvalue weighted by atomic mass is 9.86. The van der Waals surface area contributed by atoms with Crippen LogP contribution < -0.4 is 4.74 Å². The van der Waals surface area contributed by atoms with E-state index in [4.69, 9.17) is 4.74 Å². The zero-order valence-corrected chi connectivity index (χ0v) is 10.8. The van der Waals surface area contributed by atoms with Gasteiger partial charge in [-0.05, 0) is 49.3 Å². The van der Waals surface area contributed by atoms with Gasteiger partial charge in [-0.1, -0.05) is 25.5 Å². The van der Waals surface area contributed by atoms with E-state index in [1.165, 1.54) is 18.4 Å². The highest BCUT2D eigenvalue weighted by Crippen LogP contribution is 2.38. The fourth-order valence-corrected chi connectivity index (χ4v) is 2.75. The summed E-state index contributed by atoms with van der Waals surface area (Å²) in [5.41, 5.74) is 0.846. The van der Waals surface area contributed by atoms with Crippen LogP contribution in [0, 0.1) is 5.92 Å². The molecule has 1 aromatic carbocycles. The Balaban J connectivity index is 1.93. The van der Waals surface area contributed by atoms with Crippen molar-refractivity contribution in [1.82, 2.24) is 0 Å². The molecule has 0 aromatic heterocycles. The molecule has 0 aliphatic heterocycles. The monoisotopic (exact) mass is 234 g/mol. The van der Waals surface area contributed by atoms with Crippen LogP contribution in [0.1, 0.15) is 38.2 Å². The van der Waals surface area contributed by atoms with E-state index in [2.05, 4.69) is 19.1 Å². The van der Waals surface area contributed by atoms with Crippen molar-refractivity contribution in [2.24, 2.45) is 5.92 Å². The van der Waals surface area contributed by atoms with Crippen molar-refractivity contribution < 1.29 is 9.84 Å². The number of ether oxygens (including phenoxy) is 1. The molecule has 0 bridgehead atoms. The van der Waals surface area contributed by atoms with Gasteiger partial charge in [-0.15, -0.1) is 0 Å². The molecule has 0 heterocycles. The summed E-state index contributed by atoms with van der Waals surface area (Å²) in [6.07, 6.45) is 5.12. The molecule has 2 unspecified atom stereocenters. The third kappa shape index (κ3) is 2.81. The maximum absolute atomic E-state index is 10.5. The van der Waals surface area contributed by atoms with Crippen molar-refractivity contribution in [1.29, 1.82) is 0 Å². The average molecular weight is 234 g/mol. The Morgan fingerprint density at radius 3 is 2.59 bits per heavy atom. The van der Waals surface area contributed by atoms with Crippen LogP contribution >= 0.6 is 0 Å². The lowest BCUT2D eigenvalue weighted by Gasteiger charge is -2.27. The van der Waals surface area contributed by atoms with E-state index in [1.807, 2.05) is 12.1 Å². The van der Waals surface area contributed by atoms with Gasteiger partial charge in [-0.2, -0.15) is 0 Å². The zero-order chi connectivity index (χ0) is 12.3. The molecule has 2 heteroatoms. The van der Waals surface area contributed by atoms with Gasteiger partial charge in [0.2, 0.25) is 0 Å². The molecule has 2 atom stereocenters. The highest BCUT2D eigenvalue weighted by Gasteiger charge is 2.37. The molecule has 0 spiro atoms. The molecule has 1 N–H and O–H groups in total. The summed E-state index contributed by atoms with van der Waals surface area (Å²) in [6.45, 7) is 2.17. The Bertz CT molecular complexity index is 358. The smallest absolute Gasteiger partial charge is 0.118 e. The number of benzene rings is 1. The van der Waals surface area contributed by atoms with Gasteiger partial charge in [0, 0.05) is 0 Å². The van der Waals surface area contributed by atoms with Crippen molar-refractivity contribution in [3.8, 4) is 5.75 Å². The quantitative estimate of drug-likeness (QED) is 0.867. The second kappa shape index (κ2) is 5.09. The van der Waals surface area contributed by atoms with Crippen molar-refractivity contribution in [3.05, 3.63) is 29.8 Å². The molecule has 1 aromatic rings. The fraction of sp³-hybridized carbons (Fsp3) is 0.600. The number of hydrogen-bond donors (Lipinski definition) is 1. The first-order chi connectivity index (χ1) is 8.14. The van der Waals surface area contributed by atoms with Crippen LogP contribution in [0.4, 0.5) is 0 Å². The third-order valence-corrected chi connectivity index (χ3v) is 4.17. The largest absolute Gasteiger partial charge is 0.497 e. The first kappa shape index (κ1) is 12.4. The highest BCUT2D eigenvalue weighted by molar-refractivity contribution is 5.27. The maximum atomic E-state index is 10.5. The van der Waals surface area contributed by atoms with Crippen LogP contribution in [0.25, 0.3) is 0 Å². The zero-order valence-electron chi connectivity index (χ0n) is 10.8. The summed E-state index contributed by atoms with van der Waals surface area (Å²) >= 11 is 0. The highest BCUT2D eigenvalue weighted by atomic mass is 16.5. The Morgan fingerprint density at radius 1 is 1.35 bits per heavy atom. The molecular weight excluding hydrogens is 212 g/mol. The first-order valence-corrected chi connectivity index (χ1v) is 6.49. The summed E-state index contributed by atoms with van der Waals surface area (Å²) in [6, 6.07) is 8.14. The second-order valence-electron chi connectivity index (χ2n) is 5.24. The molecule has 94 valence electrons. The normalized spacial score (nSPS) is 28.3. The topological polar surface area (TPSA) is 29.5 Å². The Kier molecular flexibility index (Phi) is 3.72. The summed E-state index contributed by atoms with van der Waals surface area (Å²) in [5, 5.41) is 10.5. The van der Waals surface area contributed by atoms with E-state index in [0.717, 1.165) is 25.0 Å². The minimum absolute atomic E-state index is 0.431. The molecule has 1 saturated carbocycles. The van der Waals surface area contributed by atoms with Gasteiger partial charge in [-0.3, -0.25) is 0 Å². The van der Waals surface area contributed by atoms with Crippen LogP contribution in [0.2, 0.25) is 0 Å². The van der Waals surface area contributed by atoms with Crippen LogP contribution in [0.5, 0.6) is 5.75 Å². The van der Waals surface area contributed by atoms with Gasteiger partial charge in [0.25, 0.3) is 0 Å². The minimum atomic E-state index is -0.431. The van der Waals surface area contributed by atoms with Crippen molar-refractivity contribution in [3.63, 3.8) is 0 Å². The summed E-state index contributed by atoms with van der Waals surface area (Å²) < 4.78 is 5.13. The second-order valence-corrected chi connectivity index (χ2v) is 5.24. The van der Waals surface area contributed by atoms with E-state index in [0.29, 0.717) is 5.92 Å². The van der Waals surface area contributed by atoms with Gasteiger partial charge < -0.3 is 9.84 Å².